The van der Waals surface area contributed by atoms with Gasteiger partial charge in [-0.2, -0.15) is 0 Å². The second kappa shape index (κ2) is 7.46. The Morgan fingerprint density at radius 1 is 1.05 bits per heavy atom. The van der Waals surface area contributed by atoms with E-state index < -0.39 is 5.82 Å². The van der Waals surface area contributed by atoms with Crippen LogP contribution in [0.15, 0.2) is 36.4 Å². The molecule has 1 nitrogen and oxygen atoms in total. The molecule has 0 heterocycles. The van der Waals surface area contributed by atoms with Gasteiger partial charge < -0.3 is 5.32 Å². The highest BCUT2D eigenvalue weighted by Crippen LogP contribution is 2.26. The molecule has 0 radical (unpaired) electrons. The SMILES string of the molecule is CCNC(Cc1ccc(Cl)c(F)c1)c1cc(Cl)cc(Cl)c1. The highest BCUT2D eigenvalue weighted by atomic mass is 35.5. The largest absolute Gasteiger partial charge is 0.310 e. The van der Waals surface area contributed by atoms with Crippen molar-refractivity contribution in [3.8, 4) is 0 Å². The summed E-state index contributed by atoms with van der Waals surface area (Å²) in [6, 6.07) is 10.3. The minimum Gasteiger partial charge on any atom is -0.310 e. The Hall–Kier alpha value is -0.800. The van der Waals surface area contributed by atoms with E-state index in [1.807, 2.05) is 25.1 Å². The van der Waals surface area contributed by atoms with Gasteiger partial charge in [0.15, 0.2) is 0 Å². The number of hydrogen-bond donors (Lipinski definition) is 1. The molecule has 0 amide bonds. The summed E-state index contributed by atoms with van der Waals surface area (Å²) in [5.74, 6) is -0.409. The van der Waals surface area contributed by atoms with Crippen LogP contribution in [0.3, 0.4) is 0 Å². The molecule has 2 aromatic carbocycles. The van der Waals surface area contributed by atoms with E-state index in [-0.39, 0.29) is 11.1 Å². The number of benzene rings is 2. The summed E-state index contributed by atoms with van der Waals surface area (Å²) in [6.07, 6.45) is 0.624. The predicted octanol–water partition coefficient (Wildman–Crippen LogP) is 5.68. The number of rotatable bonds is 5. The topological polar surface area (TPSA) is 12.0 Å². The van der Waals surface area contributed by atoms with Gasteiger partial charge in [0.2, 0.25) is 0 Å². The van der Waals surface area contributed by atoms with E-state index in [2.05, 4.69) is 5.32 Å². The van der Waals surface area contributed by atoms with Crippen LogP contribution in [0.5, 0.6) is 0 Å². The lowest BCUT2D eigenvalue weighted by Gasteiger charge is -2.19. The lowest BCUT2D eigenvalue weighted by Crippen LogP contribution is -2.23. The maximum Gasteiger partial charge on any atom is 0.142 e. The third-order valence-corrected chi connectivity index (χ3v) is 3.90. The van der Waals surface area contributed by atoms with E-state index in [9.17, 15) is 4.39 Å². The number of halogens is 4. The molecule has 112 valence electrons. The fraction of sp³-hybridized carbons (Fsp3) is 0.250. The zero-order valence-electron chi connectivity index (χ0n) is 11.5. The van der Waals surface area contributed by atoms with Crippen molar-refractivity contribution >= 4 is 34.8 Å². The van der Waals surface area contributed by atoms with Crippen LogP contribution >= 0.6 is 34.8 Å². The van der Waals surface area contributed by atoms with E-state index >= 15 is 0 Å². The van der Waals surface area contributed by atoms with Gasteiger partial charge in [-0.1, -0.05) is 47.8 Å². The van der Waals surface area contributed by atoms with Crippen LogP contribution in [0.4, 0.5) is 4.39 Å². The Bertz CT molecular complexity index is 611. The molecule has 0 aromatic heterocycles. The highest BCUT2D eigenvalue weighted by molar-refractivity contribution is 6.34. The van der Waals surface area contributed by atoms with Crippen LogP contribution in [0.25, 0.3) is 0 Å². The van der Waals surface area contributed by atoms with Crippen LogP contribution in [-0.2, 0) is 6.42 Å². The Morgan fingerprint density at radius 2 is 1.71 bits per heavy atom. The molecular formula is C16H15Cl3FN. The van der Waals surface area contributed by atoms with Crippen molar-refractivity contribution in [1.82, 2.24) is 5.32 Å². The second-order valence-corrected chi connectivity index (χ2v) is 6.05. The average Bonchev–Trinajstić information content (AvgIpc) is 2.41. The fourth-order valence-corrected chi connectivity index (χ4v) is 2.89. The van der Waals surface area contributed by atoms with E-state index in [4.69, 9.17) is 34.8 Å². The Labute approximate surface area is 139 Å². The smallest absolute Gasteiger partial charge is 0.142 e. The molecule has 0 bridgehead atoms. The lowest BCUT2D eigenvalue weighted by molar-refractivity contribution is 0.547. The fourth-order valence-electron chi connectivity index (χ4n) is 2.23. The maximum absolute atomic E-state index is 13.6. The molecule has 1 atom stereocenters. The van der Waals surface area contributed by atoms with Gasteiger partial charge in [0.25, 0.3) is 0 Å². The van der Waals surface area contributed by atoms with Crippen molar-refractivity contribution in [1.29, 1.82) is 0 Å². The Balaban J connectivity index is 2.27. The van der Waals surface area contributed by atoms with Gasteiger partial charge in [0.1, 0.15) is 5.82 Å². The molecule has 2 aromatic rings. The summed E-state index contributed by atoms with van der Waals surface area (Å²) in [5, 5.41) is 4.66. The predicted molar refractivity (Wildman–Crippen MR) is 88.0 cm³/mol. The van der Waals surface area contributed by atoms with Crippen LogP contribution in [0.2, 0.25) is 15.1 Å². The minimum atomic E-state index is -0.409. The van der Waals surface area contributed by atoms with Gasteiger partial charge in [-0.05, 0) is 54.4 Å². The van der Waals surface area contributed by atoms with Crippen molar-refractivity contribution < 1.29 is 4.39 Å². The molecule has 0 aliphatic rings. The van der Waals surface area contributed by atoms with Crippen LogP contribution < -0.4 is 5.32 Å². The summed E-state index contributed by atoms with van der Waals surface area (Å²) >= 11 is 17.8. The molecule has 2 rings (SSSR count). The van der Waals surface area contributed by atoms with Crippen LogP contribution in [0, 0.1) is 5.82 Å². The monoisotopic (exact) mass is 345 g/mol. The molecule has 0 saturated carbocycles. The molecule has 1 N–H and O–H groups in total. The molecule has 21 heavy (non-hydrogen) atoms. The first-order valence-corrected chi connectivity index (χ1v) is 7.76. The van der Waals surface area contributed by atoms with Gasteiger partial charge in [-0.15, -0.1) is 0 Å². The number of hydrogen-bond acceptors (Lipinski definition) is 1. The first-order valence-electron chi connectivity index (χ1n) is 6.63. The summed E-state index contributed by atoms with van der Waals surface area (Å²) in [7, 11) is 0. The normalized spacial score (nSPS) is 12.4. The third-order valence-electron chi connectivity index (χ3n) is 3.16. The van der Waals surface area contributed by atoms with E-state index in [0.717, 1.165) is 17.7 Å². The van der Waals surface area contributed by atoms with Gasteiger partial charge in [-0.25, -0.2) is 4.39 Å². The van der Waals surface area contributed by atoms with Crippen molar-refractivity contribution in [2.24, 2.45) is 0 Å². The van der Waals surface area contributed by atoms with Gasteiger partial charge >= 0.3 is 0 Å². The summed E-state index contributed by atoms with van der Waals surface area (Å²) in [5.41, 5.74) is 1.84. The standard InChI is InChI=1S/C16H15Cl3FN/c1-2-21-16(11-7-12(17)9-13(18)8-11)6-10-3-4-14(19)15(20)5-10/h3-5,7-9,16,21H,2,6H2,1H3. The quantitative estimate of drug-likeness (QED) is 0.734. The van der Waals surface area contributed by atoms with Gasteiger partial charge in [0, 0.05) is 16.1 Å². The maximum atomic E-state index is 13.6. The number of nitrogens with one attached hydrogen (secondary N) is 1. The number of likely N-dealkylation sites (N-methyl/N-ethyl adjacent to an activating group) is 1. The summed E-state index contributed by atoms with van der Waals surface area (Å²) in [4.78, 5) is 0. The first-order chi connectivity index (χ1) is 9.99. The molecule has 0 aliphatic heterocycles. The zero-order valence-corrected chi connectivity index (χ0v) is 13.7. The van der Waals surface area contributed by atoms with Crippen LogP contribution in [0.1, 0.15) is 24.1 Å². The molecular weight excluding hydrogens is 332 g/mol. The summed E-state index contributed by atoms with van der Waals surface area (Å²) in [6.45, 7) is 2.80. The zero-order chi connectivity index (χ0) is 15.4. The van der Waals surface area contributed by atoms with Gasteiger partial charge in [-0.3, -0.25) is 0 Å². The minimum absolute atomic E-state index is 0.00627. The molecule has 1 unspecified atom stereocenters. The lowest BCUT2D eigenvalue weighted by atomic mass is 9.98. The first kappa shape index (κ1) is 16.6. The molecule has 0 aliphatic carbocycles. The van der Waals surface area contributed by atoms with E-state index in [0.29, 0.717) is 16.5 Å². The second-order valence-electron chi connectivity index (χ2n) is 4.77. The molecule has 0 spiro atoms. The van der Waals surface area contributed by atoms with Crippen LogP contribution in [-0.4, -0.2) is 6.54 Å². The van der Waals surface area contributed by atoms with Crippen molar-refractivity contribution in [3.63, 3.8) is 0 Å². The highest BCUT2D eigenvalue weighted by Gasteiger charge is 2.14. The van der Waals surface area contributed by atoms with Gasteiger partial charge in [0.05, 0.1) is 5.02 Å². The molecule has 0 fully saturated rings. The van der Waals surface area contributed by atoms with E-state index in [1.165, 1.54) is 6.07 Å². The third kappa shape index (κ3) is 4.58. The Kier molecular flexibility index (Phi) is 5.88. The average molecular weight is 347 g/mol. The summed E-state index contributed by atoms with van der Waals surface area (Å²) < 4.78 is 13.6. The van der Waals surface area contributed by atoms with Crippen molar-refractivity contribution in [2.45, 2.75) is 19.4 Å². The van der Waals surface area contributed by atoms with E-state index in [1.54, 1.807) is 12.1 Å². The molecule has 0 saturated heterocycles. The Morgan fingerprint density at radius 3 is 2.29 bits per heavy atom. The molecule has 5 heteroatoms. The van der Waals surface area contributed by atoms with Crippen molar-refractivity contribution in [2.75, 3.05) is 6.54 Å². The van der Waals surface area contributed by atoms with Crippen molar-refractivity contribution in [3.05, 3.63) is 68.4 Å².